The summed E-state index contributed by atoms with van der Waals surface area (Å²) in [5, 5.41) is 2.67. The van der Waals surface area contributed by atoms with Crippen LogP contribution in [0.15, 0.2) is 22.7 Å². The van der Waals surface area contributed by atoms with Gasteiger partial charge in [-0.1, -0.05) is 0 Å². The Morgan fingerprint density at radius 1 is 1.45 bits per heavy atom. The maximum Gasteiger partial charge on any atom is 0.343 e. The Hall–Kier alpha value is -1.31. The quantitative estimate of drug-likeness (QED) is 0.823. The second-order valence-electron chi connectivity index (χ2n) is 4.32. The molecule has 2 rings (SSSR count). The summed E-state index contributed by atoms with van der Waals surface area (Å²) in [7, 11) is 1.58. The van der Waals surface area contributed by atoms with Gasteiger partial charge in [0, 0.05) is 17.5 Å². The van der Waals surface area contributed by atoms with Crippen molar-refractivity contribution in [1.29, 1.82) is 0 Å². The predicted molar refractivity (Wildman–Crippen MR) is 77.5 cm³/mol. The van der Waals surface area contributed by atoms with Crippen molar-refractivity contribution in [3.8, 4) is 5.75 Å². The van der Waals surface area contributed by atoms with E-state index in [1.807, 2.05) is 0 Å². The van der Waals surface area contributed by atoms with Gasteiger partial charge in [-0.05, 0) is 47.0 Å². The van der Waals surface area contributed by atoms with Crippen molar-refractivity contribution in [3.63, 3.8) is 0 Å². The maximum atomic E-state index is 11.7. The van der Waals surface area contributed by atoms with Gasteiger partial charge >= 0.3 is 6.03 Å². The standard InChI is InChI=1S/C13H17BrN2O4/c1-18-9-5-6-11(10(14)8-9)15-13(17)16-20-12-4-2-3-7-19-12/h5-6,8,12H,2-4,7H2,1H3,(H2,15,16,17). The van der Waals surface area contributed by atoms with Crippen LogP contribution in [-0.4, -0.2) is 26.0 Å². The number of amides is 2. The normalized spacial score (nSPS) is 18.4. The number of ether oxygens (including phenoxy) is 2. The number of halogens is 1. The molecule has 2 amide bonds. The van der Waals surface area contributed by atoms with Crippen LogP contribution in [0, 0.1) is 0 Å². The molecule has 1 fully saturated rings. The van der Waals surface area contributed by atoms with Gasteiger partial charge in [0.25, 0.3) is 0 Å². The molecule has 0 radical (unpaired) electrons. The summed E-state index contributed by atoms with van der Waals surface area (Å²) in [4.78, 5) is 16.9. The number of benzene rings is 1. The first-order valence-corrected chi connectivity index (χ1v) is 7.16. The van der Waals surface area contributed by atoms with Crippen LogP contribution >= 0.6 is 15.9 Å². The molecule has 20 heavy (non-hydrogen) atoms. The van der Waals surface area contributed by atoms with Gasteiger partial charge in [-0.15, -0.1) is 0 Å². The van der Waals surface area contributed by atoms with E-state index in [9.17, 15) is 4.79 Å². The number of rotatable bonds is 4. The summed E-state index contributed by atoms with van der Waals surface area (Å²) in [6.07, 6.45) is 2.49. The molecule has 0 bridgehead atoms. The molecule has 1 atom stereocenters. The Bertz CT molecular complexity index is 464. The van der Waals surface area contributed by atoms with Crippen molar-refractivity contribution in [1.82, 2.24) is 5.48 Å². The van der Waals surface area contributed by atoms with Crippen molar-refractivity contribution >= 4 is 27.6 Å². The van der Waals surface area contributed by atoms with E-state index in [1.165, 1.54) is 0 Å². The highest BCUT2D eigenvalue weighted by molar-refractivity contribution is 9.10. The van der Waals surface area contributed by atoms with Gasteiger partial charge < -0.3 is 14.8 Å². The summed E-state index contributed by atoms with van der Waals surface area (Å²) >= 11 is 3.36. The second-order valence-corrected chi connectivity index (χ2v) is 5.17. The Morgan fingerprint density at radius 3 is 2.95 bits per heavy atom. The van der Waals surface area contributed by atoms with Gasteiger partial charge in [0.2, 0.25) is 0 Å². The van der Waals surface area contributed by atoms with E-state index in [1.54, 1.807) is 25.3 Å². The molecule has 1 aromatic carbocycles. The van der Waals surface area contributed by atoms with E-state index in [0.29, 0.717) is 18.0 Å². The topological polar surface area (TPSA) is 68.8 Å². The summed E-state index contributed by atoms with van der Waals surface area (Å²) in [6, 6.07) is 4.80. The summed E-state index contributed by atoms with van der Waals surface area (Å²) in [6.45, 7) is 0.665. The van der Waals surface area contributed by atoms with Crippen LogP contribution in [0.3, 0.4) is 0 Å². The van der Waals surface area contributed by atoms with Crippen LogP contribution < -0.4 is 15.5 Å². The molecule has 0 aliphatic carbocycles. The van der Waals surface area contributed by atoms with Gasteiger partial charge in [-0.3, -0.25) is 0 Å². The molecule has 1 aliphatic heterocycles. The van der Waals surface area contributed by atoms with Crippen LogP contribution in [0.1, 0.15) is 19.3 Å². The zero-order valence-corrected chi connectivity index (χ0v) is 12.7. The second kappa shape index (κ2) is 7.47. The van der Waals surface area contributed by atoms with Crippen molar-refractivity contribution in [2.24, 2.45) is 0 Å². The zero-order valence-electron chi connectivity index (χ0n) is 11.1. The molecule has 110 valence electrons. The number of methoxy groups -OCH3 is 1. The number of nitrogens with one attached hydrogen (secondary N) is 2. The van der Waals surface area contributed by atoms with E-state index < -0.39 is 6.03 Å². The van der Waals surface area contributed by atoms with Crippen LogP contribution in [0.4, 0.5) is 10.5 Å². The highest BCUT2D eigenvalue weighted by atomic mass is 79.9. The molecule has 7 heteroatoms. The Labute approximate surface area is 125 Å². The van der Waals surface area contributed by atoms with E-state index in [2.05, 4.69) is 26.7 Å². The van der Waals surface area contributed by atoms with E-state index in [-0.39, 0.29) is 6.29 Å². The number of urea groups is 1. The maximum absolute atomic E-state index is 11.7. The third-order valence-corrected chi connectivity index (χ3v) is 3.50. The first kappa shape index (κ1) is 15.1. The number of carbonyl (C=O) groups excluding carboxylic acids is 1. The molecule has 0 aromatic heterocycles. The van der Waals surface area contributed by atoms with Crippen molar-refractivity contribution in [2.45, 2.75) is 25.6 Å². The lowest BCUT2D eigenvalue weighted by Gasteiger charge is -2.22. The average molecular weight is 345 g/mol. The van der Waals surface area contributed by atoms with Crippen LogP contribution in [0.5, 0.6) is 5.75 Å². The monoisotopic (exact) mass is 344 g/mol. The third kappa shape index (κ3) is 4.36. The molecule has 1 aromatic rings. The molecule has 6 nitrogen and oxygen atoms in total. The van der Waals surface area contributed by atoms with Crippen LogP contribution in [0.2, 0.25) is 0 Å². The highest BCUT2D eigenvalue weighted by Crippen LogP contribution is 2.26. The van der Waals surface area contributed by atoms with Gasteiger partial charge in [0.1, 0.15) is 5.75 Å². The van der Waals surface area contributed by atoms with E-state index in [0.717, 1.165) is 23.7 Å². The fraction of sp³-hybridized carbons (Fsp3) is 0.462. The lowest BCUT2D eigenvalue weighted by atomic mass is 10.2. The summed E-state index contributed by atoms with van der Waals surface area (Å²) in [5.41, 5.74) is 2.95. The number of anilines is 1. The fourth-order valence-electron chi connectivity index (χ4n) is 1.80. The minimum Gasteiger partial charge on any atom is -0.497 e. The minimum absolute atomic E-state index is 0.367. The summed E-state index contributed by atoms with van der Waals surface area (Å²) < 4.78 is 11.1. The van der Waals surface area contributed by atoms with Crippen molar-refractivity contribution < 1.29 is 19.1 Å². The molecule has 1 unspecified atom stereocenters. The van der Waals surface area contributed by atoms with Gasteiger partial charge in [-0.25, -0.2) is 15.1 Å². The number of hydrogen-bond donors (Lipinski definition) is 2. The largest absolute Gasteiger partial charge is 0.497 e. The van der Waals surface area contributed by atoms with E-state index >= 15 is 0 Å². The SMILES string of the molecule is COc1ccc(NC(=O)NOC2CCCCO2)c(Br)c1. The Kier molecular flexibility index (Phi) is 5.63. The Balaban J connectivity index is 1.81. The first-order chi connectivity index (χ1) is 9.69. The molecule has 0 saturated carbocycles. The molecule has 2 N–H and O–H groups in total. The molecular formula is C13H17BrN2O4. The highest BCUT2D eigenvalue weighted by Gasteiger charge is 2.16. The predicted octanol–water partition coefficient (Wildman–Crippen LogP) is 3.04. The number of hydrogen-bond acceptors (Lipinski definition) is 4. The lowest BCUT2D eigenvalue weighted by molar-refractivity contribution is -0.185. The van der Waals surface area contributed by atoms with Gasteiger partial charge in [-0.2, -0.15) is 0 Å². The molecule has 0 spiro atoms. The molecular weight excluding hydrogens is 328 g/mol. The van der Waals surface area contributed by atoms with Crippen molar-refractivity contribution in [3.05, 3.63) is 22.7 Å². The van der Waals surface area contributed by atoms with E-state index in [4.69, 9.17) is 14.3 Å². The molecule has 1 heterocycles. The smallest absolute Gasteiger partial charge is 0.343 e. The zero-order chi connectivity index (χ0) is 14.4. The summed E-state index contributed by atoms with van der Waals surface area (Å²) in [5.74, 6) is 0.703. The molecule has 1 aliphatic rings. The Morgan fingerprint density at radius 2 is 2.30 bits per heavy atom. The van der Waals surface area contributed by atoms with Crippen LogP contribution in [-0.2, 0) is 9.57 Å². The first-order valence-electron chi connectivity index (χ1n) is 6.37. The minimum atomic E-state index is -0.454. The number of hydroxylamine groups is 1. The van der Waals surface area contributed by atoms with Crippen LogP contribution in [0.25, 0.3) is 0 Å². The van der Waals surface area contributed by atoms with Gasteiger partial charge in [0.05, 0.1) is 12.8 Å². The fourth-order valence-corrected chi connectivity index (χ4v) is 2.25. The lowest BCUT2D eigenvalue weighted by Crippen LogP contribution is -2.35. The van der Waals surface area contributed by atoms with Crippen molar-refractivity contribution in [2.75, 3.05) is 19.0 Å². The van der Waals surface area contributed by atoms with Gasteiger partial charge in [0.15, 0.2) is 6.29 Å². The molecule has 1 saturated heterocycles. The average Bonchev–Trinajstić information content (AvgIpc) is 2.48. The third-order valence-electron chi connectivity index (χ3n) is 2.85. The number of carbonyl (C=O) groups is 1.